The number of hydrogen-bond acceptors (Lipinski definition) is 7. The highest BCUT2D eigenvalue weighted by Gasteiger charge is 2.20. The van der Waals surface area contributed by atoms with Gasteiger partial charge in [0, 0.05) is 13.0 Å². The predicted molar refractivity (Wildman–Crippen MR) is 194 cm³/mol. The van der Waals surface area contributed by atoms with Crippen LogP contribution < -0.4 is 4.89 Å². The van der Waals surface area contributed by atoms with Crippen molar-refractivity contribution in [2.75, 3.05) is 54.1 Å². The number of hydrogen-bond donors (Lipinski definition) is 0. The fourth-order valence-corrected chi connectivity index (χ4v) is 5.97. The maximum absolute atomic E-state index is 12.4. The number of rotatable bonds is 36. The molecule has 0 radical (unpaired) electrons. The molecule has 8 nitrogen and oxygen atoms in total. The molecule has 0 bridgehead atoms. The van der Waals surface area contributed by atoms with Crippen LogP contribution in [-0.2, 0) is 27.9 Å². The molecule has 0 saturated carbocycles. The third-order valence-electron chi connectivity index (χ3n) is 8.32. The molecule has 0 amide bonds. The third-order valence-corrected chi connectivity index (χ3v) is 9.28. The van der Waals surface area contributed by atoms with Crippen LogP contribution in [0.1, 0.15) is 168 Å². The molecule has 0 aromatic rings. The summed E-state index contributed by atoms with van der Waals surface area (Å²) < 4.78 is 34.2. The van der Waals surface area contributed by atoms with E-state index in [4.69, 9.17) is 18.5 Å². The summed E-state index contributed by atoms with van der Waals surface area (Å²) in [5, 5.41) is 0. The molecular formula is C38H76NO7P. The van der Waals surface area contributed by atoms with Crippen molar-refractivity contribution in [1.29, 1.82) is 0 Å². The largest absolute Gasteiger partial charge is 0.756 e. The van der Waals surface area contributed by atoms with E-state index in [0.29, 0.717) is 24.1 Å². The fourth-order valence-electron chi connectivity index (χ4n) is 5.25. The lowest BCUT2D eigenvalue weighted by Gasteiger charge is -2.28. The molecule has 280 valence electrons. The highest BCUT2D eigenvalue weighted by Crippen LogP contribution is 2.38. The molecule has 2 unspecified atom stereocenters. The Labute approximate surface area is 290 Å². The van der Waals surface area contributed by atoms with Crippen LogP contribution >= 0.6 is 7.82 Å². The maximum atomic E-state index is 12.4. The number of carbonyl (C=O) groups excluding carboxylic acids is 1. The van der Waals surface area contributed by atoms with E-state index in [1.165, 1.54) is 103 Å². The Hall–Kier alpha value is -0.760. The van der Waals surface area contributed by atoms with Crippen molar-refractivity contribution in [2.45, 2.75) is 174 Å². The molecule has 0 aliphatic carbocycles. The molecule has 0 heterocycles. The smallest absolute Gasteiger partial charge is 0.306 e. The second-order valence-corrected chi connectivity index (χ2v) is 15.7. The van der Waals surface area contributed by atoms with Gasteiger partial charge in [-0.25, -0.2) is 0 Å². The van der Waals surface area contributed by atoms with Crippen molar-refractivity contribution >= 4 is 13.8 Å². The van der Waals surface area contributed by atoms with Gasteiger partial charge in [0.1, 0.15) is 19.3 Å². The topological polar surface area (TPSA) is 94.1 Å². The molecule has 0 rings (SSSR count). The minimum Gasteiger partial charge on any atom is -0.756 e. The van der Waals surface area contributed by atoms with Gasteiger partial charge in [0.2, 0.25) is 0 Å². The van der Waals surface area contributed by atoms with E-state index in [1.54, 1.807) is 0 Å². The zero-order chi connectivity index (χ0) is 34.9. The van der Waals surface area contributed by atoms with Crippen molar-refractivity contribution in [2.24, 2.45) is 0 Å². The predicted octanol–water partition coefficient (Wildman–Crippen LogP) is 10.1. The summed E-state index contributed by atoms with van der Waals surface area (Å²) >= 11 is 0. The zero-order valence-electron chi connectivity index (χ0n) is 31.5. The van der Waals surface area contributed by atoms with Crippen LogP contribution in [0.15, 0.2) is 12.2 Å². The van der Waals surface area contributed by atoms with E-state index in [-0.39, 0.29) is 25.8 Å². The number of esters is 1. The van der Waals surface area contributed by atoms with Crippen LogP contribution in [0.4, 0.5) is 0 Å². The summed E-state index contributed by atoms with van der Waals surface area (Å²) in [6, 6.07) is 0. The first-order chi connectivity index (χ1) is 22.6. The Morgan fingerprint density at radius 2 is 1.11 bits per heavy atom. The lowest BCUT2D eigenvalue weighted by molar-refractivity contribution is -0.870. The Morgan fingerprint density at radius 3 is 1.62 bits per heavy atom. The summed E-state index contributed by atoms with van der Waals surface area (Å²) in [5.74, 6) is -0.346. The number of unbranched alkanes of at least 4 members (excludes halogenated alkanes) is 20. The molecule has 2 atom stereocenters. The molecule has 0 aromatic heterocycles. The van der Waals surface area contributed by atoms with E-state index in [9.17, 15) is 14.3 Å². The zero-order valence-corrected chi connectivity index (χ0v) is 32.4. The lowest BCUT2D eigenvalue weighted by atomic mass is 10.1. The highest BCUT2D eigenvalue weighted by atomic mass is 31.2. The maximum Gasteiger partial charge on any atom is 0.306 e. The van der Waals surface area contributed by atoms with Gasteiger partial charge in [0.25, 0.3) is 7.82 Å². The molecule has 0 aliphatic heterocycles. The van der Waals surface area contributed by atoms with E-state index in [1.807, 2.05) is 21.1 Å². The average molecular weight is 690 g/mol. The molecule has 0 aliphatic rings. The number of likely N-dealkylation sites (N-methyl/N-ethyl adjacent to an activating group) is 1. The minimum atomic E-state index is -4.50. The number of allylic oxidation sites excluding steroid dienone is 2. The lowest BCUT2D eigenvalue weighted by Crippen LogP contribution is -2.37. The van der Waals surface area contributed by atoms with Crippen molar-refractivity contribution in [1.82, 2.24) is 0 Å². The summed E-state index contributed by atoms with van der Waals surface area (Å²) in [6.07, 6.45) is 32.6. The van der Waals surface area contributed by atoms with Crippen LogP contribution in [0, 0.1) is 0 Å². The first kappa shape index (κ1) is 46.2. The van der Waals surface area contributed by atoms with Crippen LogP contribution in [0.25, 0.3) is 0 Å². The Balaban J connectivity index is 4.01. The summed E-state index contributed by atoms with van der Waals surface area (Å²) in [7, 11) is 1.36. The summed E-state index contributed by atoms with van der Waals surface area (Å²) in [5.41, 5.74) is 0. The standard InChI is InChI=1S/C38H76NO7P/c1-6-8-10-12-13-14-15-16-17-18-19-20-21-22-23-24-25-26-28-30-33-43-35-37(46-38(40)31-29-27-11-9-7-2)36-45-47(41,42)44-34-32-39(3,4)5/h16-17,37H,6-15,18-36H2,1-5H3/b17-16-. The molecule has 0 fully saturated rings. The van der Waals surface area contributed by atoms with Crippen LogP contribution in [0.2, 0.25) is 0 Å². The molecule has 0 N–H and O–H groups in total. The van der Waals surface area contributed by atoms with Gasteiger partial charge < -0.3 is 27.9 Å². The van der Waals surface area contributed by atoms with Crippen molar-refractivity contribution < 1.29 is 37.3 Å². The number of nitrogens with zero attached hydrogens (tertiary/aromatic N) is 1. The molecular weight excluding hydrogens is 613 g/mol. The average Bonchev–Trinajstić information content (AvgIpc) is 3.01. The number of ether oxygens (including phenoxy) is 2. The second kappa shape index (κ2) is 32.4. The number of phosphoric acid groups is 1. The van der Waals surface area contributed by atoms with Gasteiger partial charge in [-0.3, -0.25) is 9.36 Å². The van der Waals surface area contributed by atoms with E-state index in [0.717, 1.165) is 44.9 Å². The number of phosphoric ester groups is 1. The summed E-state index contributed by atoms with van der Waals surface area (Å²) in [4.78, 5) is 24.6. The van der Waals surface area contributed by atoms with Crippen molar-refractivity contribution in [3.63, 3.8) is 0 Å². The Bertz CT molecular complexity index is 772. The molecule has 9 heteroatoms. The van der Waals surface area contributed by atoms with Crippen molar-refractivity contribution in [3.05, 3.63) is 12.2 Å². The quantitative estimate of drug-likeness (QED) is 0.0212. The number of quaternary nitrogens is 1. The molecule has 0 aromatic carbocycles. The second-order valence-electron chi connectivity index (χ2n) is 14.3. The van der Waals surface area contributed by atoms with Gasteiger partial charge in [-0.15, -0.1) is 0 Å². The third kappa shape index (κ3) is 36.3. The van der Waals surface area contributed by atoms with Gasteiger partial charge in [0.15, 0.2) is 0 Å². The number of carbonyl (C=O) groups is 1. The van der Waals surface area contributed by atoms with Gasteiger partial charge in [-0.2, -0.15) is 0 Å². The van der Waals surface area contributed by atoms with E-state index in [2.05, 4.69) is 26.0 Å². The fraction of sp³-hybridized carbons (Fsp3) is 0.921. The highest BCUT2D eigenvalue weighted by molar-refractivity contribution is 7.45. The Morgan fingerprint density at radius 1 is 0.638 bits per heavy atom. The van der Waals surface area contributed by atoms with Crippen LogP contribution in [-0.4, -0.2) is 70.7 Å². The van der Waals surface area contributed by atoms with Crippen molar-refractivity contribution in [3.8, 4) is 0 Å². The summed E-state index contributed by atoms with van der Waals surface area (Å²) in [6.45, 7) is 5.33. The first-order valence-corrected chi connectivity index (χ1v) is 20.9. The molecule has 0 spiro atoms. The van der Waals surface area contributed by atoms with Crippen LogP contribution in [0.5, 0.6) is 0 Å². The molecule has 47 heavy (non-hydrogen) atoms. The van der Waals surface area contributed by atoms with Gasteiger partial charge in [-0.1, -0.05) is 135 Å². The van der Waals surface area contributed by atoms with Crippen LogP contribution in [0.3, 0.4) is 0 Å². The van der Waals surface area contributed by atoms with Gasteiger partial charge in [0.05, 0.1) is 34.4 Å². The van der Waals surface area contributed by atoms with Gasteiger partial charge >= 0.3 is 5.97 Å². The van der Waals surface area contributed by atoms with Gasteiger partial charge in [-0.05, 0) is 38.5 Å². The Kier molecular flexibility index (Phi) is 31.9. The molecule has 0 saturated heterocycles. The monoisotopic (exact) mass is 690 g/mol. The van der Waals surface area contributed by atoms with E-state index >= 15 is 0 Å². The van der Waals surface area contributed by atoms with E-state index < -0.39 is 13.9 Å². The SMILES string of the molecule is CCCCCCCC/C=C\CCCCCCCCCCCCOCC(COP(=O)([O-])OCC[N+](C)(C)C)OC(=O)CCCCCCC. The minimum absolute atomic E-state index is 0.0280. The first-order valence-electron chi connectivity index (χ1n) is 19.4. The normalized spacial score (nSPS) is 14.1.